The van der Waals surface area contributed by atoms with Crippen molar-refractivity contribution in [2.24, 2.45) is 0 Å². The van der Waals surface area contributed by atoms with Gasteiger partial charge >= 0.3 is 0 Å². The topological polar surface area (TPSA) is 15.7 Å². The minimum atomic E-state index is 0.834. The van der Waals surface area contributed by atoms with Crippen LogP contribution in [-0.4, -0.2) is 54.2 Å². The second-order valence-electron chi connectivity index (χ2n) is 4.00. The lowest BCUT2D eigenvalue weighted by molar-refractivity contribution is 0.0594. The van der Waals surface area contributed by atoms with Crippen LogP contribution in [0.4, 0.5) is 0 Å². The molecule has 2 aliphatic rings. The Hall–Kier alpha value is -0.610. The van der Waals surface area contributed by atoms with Crippen LogP contribution in [0.3, 0.4) is 0 Å². The summed E-state index contributed by atoms with van der Waals surface area (Å²) < 4.78 is 5.29. The summed E-state index contributed by atoms with van der Waals surface area (Å²) in [5.41, 5.74) is 0. The van der Waals surface area contributed by atoms with Crippen molar-refractivity contribution in [3.63, 3.8) is 0 Å². The van der Waals surface area contributed by atoms with E-state index >= 15 is 0 Å². The fraction of sp³-hybridized carbons (Fsp3) is 0.727. The molecule has 0 unspecified atom stereocenters. The van der Waals surface area contributed by atoms with E-state index in [2.05, 4.69) is 22.1 Å². The normalized spacial score (nSPS) is 22.7. The zero-order chi connectivity index (χ0) is 10.5. The Morgan fingerprint density at radius 1 is 1.07 bits per heavy atom. The molecule has 2 heterocycles. The smallest absolute Gasteiger partial charge is 0.103 e. The Balaban J connectivity index is 1.78. The molecule has 2 fully saturated rings. The minimum absolute atomic E-state index is 0.834. The summed E-state index contributed by atoms with van der Waals surface area (Å²) in [6.07, 6.45) is 6.74. The van der Waals surface area contributed by atoms with E-state index in [-0.39, 0.29) is 0 Å². The third-order valence-corrected chi connectivity index (χ3v) is 3.29. The molecule has 4 heteroatoms. The molecule has 0 aromatic heterocycles. The molecule has 0 aromatic rings. The summed E-state index contributed by atoms with van der Waals surface area (Å²) in [5, 5.41) is 0. The van der Waals surface area contributed by atoms with Crippen LogP contribution in [0.1, 0.15) is 12.8 Å². The molecular formula is C11H18N2OS. The van der Waals surface area contributed by atoms with Gasteiger partial charge in [0.25, 0.3) is 0 Å². The van der Waals surface area contributed by atoms with Gasteiger partial charge in [0.1, 0.15) is 4.99 Å². The molecule has 0 atom stereocenters. The molecule has 3 nitrogen and oxygen atoms in total. The monoisotopic (exact) mass is 226 g/mol. The molecule has 0 bridgehead atoms. The average molecular weight is 226 g/mol. The first kappa shape index (κ1) is 10.9. The maximum Gasteiger partial charge on any atom is 0.103 e. The lowest BCUT2D eigenvalue weighted by atomic mass is 10.4. The van der Waals surface area contributed by atoms with E-state index in [0.29, 0.717) is 0 Å². The van der Waals surface area contributed by atoms with E-state index < -0.39 is 0 Å². The van der Waals surface area contributed by atoms with Crippen LogP contribution < -0.4 is 0 Å². The average Bonchev–Trinajstić information content (AvgIpc) is 2.81. The molecule has 0 spiro atoms. The highest BCUT2D eigenvalue weighted by molar-refractivity contribution is 7.80. The van der Waals surface area contributed by atoms with E-state index in [9.17, 15) is 0 Å². The Bertz CT molecular complexity index is 243. The molecule has 15 heavy (non-hydrogen) atoms. The number of hydrogen-bond acceptors (Lipinski definition) is 3. The molecule has 84 valence electrons. The molecule has 2 rings (SSSR count). The molecule has 0 saturated carbocycles. The second kappa shape index (κ2) is 5.47. The standard InChI is InChI=1S/C11H18N2OS/c15-11(13-4-1-2-5-13)3-6-12-7-9-14-10-8-12/h3,6H,1-2,4-5,7-10H2/b6-3+. The summed E-state index contributed by atoms with van der Waals surface area (Å²) >= 11 is 5.36. The number of thiocarbonyl (C=S) groups is 1. The van der Waals surface area contributed by atoms with E-state index in [4.69, 9.17) is 17.0 Å². The quantitative estimate of drug-likeness (QED) is 0.520. The maximum atomic E-state index is 5.36. The van der Waals surface area contributed by atoms with Gasteiger partial charge in [-0.05, 0) is 18.9 Å². The first-order valence-electron chi connectivity index (χ1n) is 5.65. The van der Waals surface area contributed by atoms with Gasteiger partial charge < -0.3 is 14.5 Å². The number of nitrogens with zero attached hydrogens (tertiary/aromatic N) is 2. The van der Waals surface area contributed by atoms with E-state index in [1.54, 1.807) is 0 Å². The number of likely N-dealkylation sites (tertiary alicyclic amines) is 1. The van der Waals surface area contributed by atoms with E-state index in [1.807, 2.05) is 0 Å². The molecule has 0 aromatic carbocycles. The number of ether oxygens (including phenoxy) is 1. The zero-order valence-corrected chi connectivity index (χ0v) is 9.84. The van der Waals surface area contributed by atoms with Crippen molar-refractivity contribution in [1.82, 2.24) is 9.80 Å². The molecule has 2 aliphatic heterocycles. The predicted molar refractivity (Wildman–Crippen MR) is 64.9 cm³/mol. The largest absolute Gasteiger partial charge is 0.378 e. The fourth-order valence-electron chi connectivity index (χ4n) is 1.94. The van der Waals surface area contributed by atoms with Crippen molar-refractivity contribution in [1.29, 1.82) is 0 Å². The fourth-order valence-corrected chi connectivity index (χ4v) is 2.18. The van der Waals surface area contributed by atoms with Crippen LogP contribution in [0.2, 0.25) is 0 Å². The summed E-state index contributed by atoms with van der Waals surface area (Å²) in [7, 11) is 0. The molecule has 2 saturated heterocycles. The molecule has 0 N–H and O–H groups in total. The Morgan fingerprint density at radius 2 is 1.73 bits per heavy atom. The Morgan fingerprint density at radius 3 is 2.40 bits per heavy atom. The van der Waals surface area contributed by atoms with E-state index in [1.165, 1.54) is 12.8 Å². The van der Waals surface area contributed by atoms with Gasteiger partial charge in [-0.15, -0.1) is 0 Å². The first-order chi connectivity index (χ1) is 7.36. The second-order valence-corrected chi connectivity index (χ2v) is 4.41. The third kappa shape index (κ3) is 3.18. The van der Waals surface area contributed by atoms with Gasteiger partial charge in [-0.25, -0.2) is 0 Å². The van der Waals surface area contributed by atoms with Crippen LogP contribution in [0.5, 0.6) is 0 Å². The van der Waals surface area contributed by atoms with Gasteiger partial charge in [-0.2, -0.15) is 0 Å². The minimum Gasteiger partial charge on any atom is -0.378 e. The van der Waals surface area contributed by atoms with Gasteiger partial charge in [-0.3, -0.25) is 0 Å². The molecular weight excluding hydrogens is 208 g/mol. The maximum absolute atomic E-state index is 5.36. The van der Waals surface area contributed by atoms with Crippen molar-refractivity contribution < 1.29 is 4.74 Å². The molecule has 0 amide bonds. The van der Waals surface area contributed by atoms with Crippen molar-refractivity contribution in [3.8, 4) is 0 Å². The van der Waals surface area contributed by atoms with Crippen LogP contribution in [0.25, 0.3) is 0 Å². The number of morpholine rings is 1. The van der Waals surface area contributed by atoms with Gasteiger partial charge in [0.15, 0.2) is 0 Å². The number of hydrogen-bond donors (Lipinski definition) is 0. The summed E-state index contributed by atoms with van der Waals surface area (Å²) in [5.74, 6) is 0. The Labute approximate surface area is 96.7 Å². The van der Waals surface area contributed by atoms with Gasteiger partial charge in [0, 0.05) is 32.4 Å². The lowest BCUT2D eigenvalue weighted by Crippen LogP contribution is -2.32. The number of rotatable bonds is 2. The Kier molecular flexibility index (Phi) is 3.97. The van der Waals surface area contributed by atoms with Crippen LogP contribution >= 0.6 is 12.2 Å². The first-order valence-corrected chi connectivity index (χ1v) is 6.06. The third-order valence-electron chi connectivity index (χ3n) is 2.89. The highest BCUT2D eigenvalue weighted by Gasteiger charge is 2.13. The SMILES string of the molecule is S=C(/C=C/N1CCOCC1)N1CCCC1. The van der Waals surface area contributed by atoms with Gasteiger partial charge in [-0.1, -0.05) is 12.2 Å². The predicted octanol–water partition coefficient (Wildman–Crippen LogP) is 1.26. The molecule has 0 aliphatic carbocycles. The van der Waals surface area contributed by atoms with Crippen LogP contribution in [0.15, 0.2) is 12.3 Å². The van der Waals surface area contributed by atoms with Crippen molar-refractivity contribution in [2.45, 2.75) is 12.8 Å². The highest BCUT2D eigenvalue weighted by Crippen LogP contribution is 2.09. The van der Waals surface area contributed by atoms with Crippen molar-refractivity contribution in [3.05, 3.63) is 12.3 Å². The zero-order valence-electron chi connectivity index (χ0n) is 9.02. The molecule has 0 radical (unpaired) electrons. The van der Waals surface area contributed by atoms with Crippen LogP contribution in [-0.2, 0) is 4.74 Å². The van der Waals surface area contributed by atoms with Crippen molar-refractivity contribution >= 4 is 17.2 Å². The van der Waals surface area contributed by atoms with Gasteiger partial charge in [0.2, 0.25) is 0 Å². The van der Waals surface area contributed by atoms with Crippen LogP contribution in [0, 0.1) is 0 Å². The summed E-state index contributed by atoms with van der Waals surface area (Å²) in [6, 6.07) is 0. The summed E-state index contributed by atoms with van der Waals surface area (Å²) in [4.78, 5) is 5.54. The highest BCUT2D eigenvalue weighted by atomic mass is 32.1. The van der Waals surface area contributed by atoms with Crippen molar-refractivity contribution in [2.75, 3.05) is 39.4 Å². The lowest BCUT2D eigenvalue weighted by Gasteiger charge is -2.25. The van der Waals surface area contributed by atoms with E-state index in [0.717, 1.165) is 44.4 Å². The summed E-state index contributed by atoms with van der Waals surface area (Å²) in [6.45, 7) is 5.90. The van der Waals surface area contributed by atoms with Gasteiger partial charge in [0.05, 0.1) is 13.2 Å².